The lowest BCUT2D eigenvalue weighted by Crippen LogP contribution is -2.41. The Morgan fingerprint density at radius 2 is 2.11 bits per heavy atom. The Hall–Kier alpha value is -1.06. The molecule has 4 nitrogen and oxygen atoms in total. The lowest BCUT2D eigenvalue weighted by molar-refractivity contribution is -0.137. The third-order valence-corrected chi connectivity index (χ3v) is 3.37. The van der Waals surface area contributed by atoms with E-state index in [1.54, 1.807) is 0 Å². The summed E-state index contributed by atoms with van der Waals surface area (Å²) in [6, 6.07) is 0. The molecule has 2 amide bonds. The molecule has 0 aromatic heterocycles. The molecule has 1 fully saturated rings. The highest BCUT2D eigenvalue weighted by Crippen LogP contribution is 2.15. The minimum atomic E-state index is -0.140. The van der Waals surface area contributed by atoms with Gasteiger partial charge < -0.3 is 10.2 Å². The topological polar surface area (TPSA) is 49.4 Å². The normalized spacial score (nSPS) is 20.0. The molecule has 0 aromatic rings. The fraction of sp³-hybridized carbons (Fsp3) is 0.857. The average molecular weight is 254 g/mol. The maximum atomic E-state index is 11.9. The number of nitrogens with zero attached hydrogens (tertiary/aromatic N) is 1. The van der Waals surface area contributed by atoms with E-state index in [9.17, 15) is 9.59 Å². The SMILES string of the molecule is CC(C)CCNC(=O)CC(=O)N1CCCC(C)C1. The van der Waals surface area contributed by atoms with Crippen molar-refractivity contribution in [1.82, 2.24) is 10.2 Å². The highest BCUT2D eigenvalue weighted by molar-refractivity contribution is 5.96. The fourth-order valence-corrected chi connectivity index (χ4v) is 2.23. The number of likely N-dealkylation sites (tertiary alicyclic amines) is 1. The monoisotopic (exact) mass is 254 g/mol. The molecule has 0 radical (unpaired) electrons. The summed E-state index contributed by atoms with van der Waals surface area (Å²) < 4.78 is 0. The van der Waals surface area contributed by atoms with E-state index in [1.807, 2.05) is 4.90 Å². The van der Waals surface area contributed by atoms with E-state index in [4.69, 9.17) is 0 Å². The first kappa shape index (κ1) is 15.0. The maximum absolute atomic E-state index is 11.9. The second-order valence-corrected chi connectivity index (χ2v) is 5.80. The van der Waals surface area contributed by atoms with Crippen LogP contribution in [0.4, 0.5) is 0 Å². The molecule has 1 atom stereocenters. The summed E-state index contributed by atoms with van der Waals surface area (Å²) >= 11 is 0. The van der Waals surface area contributed by atoms with Crippen LogP contribution >= 0.6 is 0 Å². The van der Waals surface area contributed by atoms with Crippen molar-refractivity contribution >= 4 is 11.8 Å². The molecule has 0 spiro atoms. The smallest absolute Gasteiger partial charge is 0.232 e. The summed E-state index contributed by atoms with van der Waals surface area (Å²) in [5.74, 6) is 0.970. The Labute approximate surface area is 110 Å². The first-order valence-corrected chi connectivity index (χ1v) is 7.03. The molecule has 1 heterocycles. The summed E-state index contributed by atoms with van der Waals surface area (Å²) in [5.41, 5.74) is 0. The molecular weight excluding hydrogens is 228 g/mol. The number of amides is 2. The average Bonchev–Trinajstić information content (AvgIpc) is 2.28. The zero-order valence-electron chi connectivity index (χ0n) is 11.9. The van der Waals surface area contributed by atoms with Crippen molar-refractivity contribution in [3.05, 3.63) is 0 Å². The molecule has 1 aliphatic heterocycles. The van der Waals surface area contributed by atoms with Crippen LogP contribution in [0.25, 0.3) is 0 Å². The standard InChI is InChI=1S/C14H26N2O2/c1-11(2)6-7-15-13(17)9-14(18)16-8-4-5-12(3)10-16/h11-12H,4-10H2,1-3H3,(H,15,17). The third kappa shape index (κ3) is 5.52. The molecule has 104 valence electrons. The van der Waals surface area contributed by atoms with Crippen molar-refractivity contribution in [2.24, 2.45) is 11.8 Å². The predicted octanol–water partition coefficient (Wildman–Crippen LogP) is 1.80. The summed E-state index contributed by atoms with van der Waals surface area (Å²) in [6.07, 6.45) is 3.21. The van der Waals surface area contributed by atoms with Gasteiger partial charge in [0, 0.05) is 19.6 Å². The van der Waals surface area contributed by atoms with Gasteiger partial charge in [-0.25, -0.2) is 0 Å². The van der Waals surface area contributed by atoms with Crippen LogP contribution < -0.4 is 5.32 Å². The number of rotatable bonds is 5. The Balaban J connectivity index is 2.24. The Morgan fingerprint density at radius 1 is 1.39 bits per heavy atom. The van der Waals surface area contributed by atoms with Gasteiger partial charge in [-0.1, -0.05) is 20.8 Å². The van der Waals surface area contributed by atoms with Crippen molar-refractivity contribution in [2.45, 2.75) is 46.5 Å². The van der Waals surface area contributed by atoms with E-state index in [0.29, 0.717) is 18.4 Å². The van der Waals surface area contributed by atoms with Gasteiger partial charge >= 0.3 is 0 Å². The lowest BCUT2D eigenvalue weighted by Gasteiger charge is -2.30. The van der Waals surface area contributed by atoms with Crippen LogP contribution in [0.3, 0.4) is 0 Å². The van der Waals surface area contributed by atoms with Crippen molar-refractivity contribution in [3.8, 4) is 0 Å². The Bertz CT molecular complexity index is 290. The van der Waals surface area contributed by atoms with E-state index in [1.165, 1.54) is 6.42 Å². The molecule has 1 N–H and O–H groups in total. The molecule has 0 aliphatic carbocycles. The second-order valence-electron chi connectivity index (χ2n) is 5.80. The molecule has 1 aliphatic rings. The molecule has 18 heavy (non-hydrogen) atoms. The van der Waals surface area contributed by atoms with Crippen molar-refractivity contribution in [1.29, 1.82) is 0 Å². The van der Waals surface area contributed by atoms with Gasteiger partial charge in [-0.15, -0.1) is 0 Å². The number of nitrogens with one attached hydrogen (secondary N) is 1. The molecular formula is C14H26N2O2. The van der Waals surface area contributed by atoms with Crippen LogP contribution in [-0.4, -0.2) is 36.3 Å². The van der Waals surface area contributed by atoms with Gasteiger partial charge in [-0.3, -0.25) is 9.59 Å². The number of hydrogen-bond donors (Lipinski definition) is 1. The minimum absolute atomic E-state index is 0.00478. The van der Waals surface area contributed by atoms with Crippen molar-refractivity contribution in [2.75, 3.05) is 19.6 Å². The zero-order valence-corrected chi connectivity index (χ0v) is 11.9. The summed E-state index contributed by atoms with van der Waals surface area (Å²) in [4.78, 5) is 25.3. The molecule has 0 saturated carbocycles. The van der Waals surface area contributed by atoms with Gasteiger partial charge in [0.1, 0.15) is 6.42 Å². The highest BCUT2D eigenvalue weighted by atomic mass is 16.2. The first-order valence-electron chi connectivity index (χ1n) is 7.03. The molecule has 1 unspecified atom stereocenters. The third-order valence-electron chi connectivity index (χ3n) is 3.37. The van der Waals surface area contributed by atoms with Gasteiger partial charge in [0.15, 0.2) is 0 Å². The van der Waals surface area contributed by atoms with Crippen molar-refractivity contribution in [3.63, 3.8) is 0 Å². The number of carbonyl (C=O) groups excluding carboxylic acids is 2. The first-order chi connectivity index (χ1) is 8.49. The zero-order chi connectivity index (χ0) is 13.5. The lowest BCUT2D eigenvalue weighted by atomic mass is 10.00. The molecule has 1 saturated heterocycles. The number of hydrogen-bond acceptors (Lipinski definition) is 2. The van der Waals surface area contributed by atoms with Crippen LogP contribution in [0.2, 0.25) is 0 Å². The minimum Gasteiger partial charge on any atom is -0.356 e. The van der Waals surface area contributed by atoms with E-state index in [2.05, 4.69) is 26.1 Å². The predicted molar refractivity (Wildman–Crippen MR) is 72.1 cm³/mol. The van der Waals surface area contributed by atoms with Gasteiger partial charge in [0.05, 0.1) is 0 Å². The van der Waals surface area contributed by atoms with Crippen LogP contribution in [-0.2, 0) is 9.59 Å². The quantitative estimate of drug-likeness (QED) is 0.761. The molecule has 4 heteroatoms. The van der Waals surface area contributed by atoms with E-state index in [-0.39, 0.29) is 18.2 Å². The van der Waals surface area contributed by atoms with Gasteiger partial charge in [0.25, 0.3) is 0 Å². The largest absolute Gasteiger partial charge is 0.356 e. The summed E-state index contributed by atoms with van der Waals surface area (Å²) in [7, 11) is 0. The Kier molecular flexibility index (Phi) is 6.16. The highest BCUT2D eigenvalue weighted by Gasteiger charge is 2.22. The maximum Gasteiger partial charge on any atom is 0.232 e. The van der Waals surface area contributed by atoms with Gasteiger partial charge in [-0.05, 0) is 31.1 Å². The Morgan fingerprint density at radius 3 is 2.72 bits per heavy atom. The van der Waals surface area contributed by atoms with Crippen molar-refractivity contribution < 1.29 is 9.59 Å². The number of piperidine rings is 1. The summed E-state index contributed by atoms with van der Waals surface area (Å²) in [5, 5.41) is 2.81. The second kappa shape index (κ2) is 7.39. The van der Waals surface area contributed by atoms with Crippen LogP contribution in [0.15, 0.2) is 0 Å². The molecule has 1 rings (SSSR count). The van der Waals surface area contributed by atoms with E-state index < -0.39 is 0 Å². The van der Waals surface area contributed by atoms with Crippen LogP contribution in [0, 0.1) is 11.8 Å². The molecule has 0 aromatic carbocycles. The van der Waals surface area contributed by atoms with E-state index in [0.717, 1.165) is 25.9 Å². The number of carbonyl (C=O) groups is 2. The van der Waals surface area contributed by atoms with Crippen LogP contribution in [0.5, 0.6) is 0 Å². The van der Waals surface area contributed by atoms with Crippen LogP contribution in [0.1, 0.15) is 46.5 Å². The van der Waals surface area contributed by atoms with Gasteiger partial charge in [-0.2, -0.15) is 0 Å². The summed E-state index contributed by atoms with van der Waals surface area (Å²) in [6.45, 7) is 8.67. The fourth-order valence-electron chi connectivity index (χ4n) is 2.23. The van der Waals surface area contributed by atoms with Gasteiger partial charge in [0.2, 0.25) is 11.8 Å². The molecule has 0 bridgehead atoms. The van der Waals surface area contributed by atoms with E-state index >= 15 is 0 Å².